The lowest BCUT2D eigenvalue weighted by molar-refractivity contribution is 0.0656. The van der Waals surface area contributed by atoms with E-state index in [1.165, 1.54) is 10.4 Å². The van der Waals surface area contributed by atoms with Crippen molar-refractivity contribution in [3.63, 3.8) is 0 Å². The van der Waals surface area contributed by atoms with Crippen LogP contribution in [-0.2, 0) is 12.8 Å². The second-order valence-electron chi connectivity index (χ2n) is 10.3. The van der Waals surface area contributed by atoms with Crippen molar-refractivity contribution in [3.8, 4) is 22.7 Å². The molecular formula is C31H35N5O2S. The van der Waals surface area contributed by atoms with Crippen LogP contribution < -0.4 is 10.1 Å². The third-order valence-electron chi connectivity index (χ3n) is 7.77. The second kappa shape index (κ2) is 11.3. The van der Waals surface area contributed by atoms with Crippen molar-refractivity contribution >= 4 is 17.2 Å². The van der Waals surface area contributed by atoms with Crippen LogP contribution in [0.3, 0.4) is 0 Å². The topological polar surface area (TPSA) is 62.6 Å². The first-order chi connectivity index (χ1) is 19.1. The Kier molecular flexibility index (Phi) is 7.50. The molecule has 1 amide bonds. The maximum atomic E-state index is 13.8. The average molecular weight is 542 g/mol. The predicted octanol–water partition coefficient (Wildman–Crippen LogP) is 4.82. The Morgan fingerprint density at radius 2 is 1.79 bits per heavy atom. The molecule has 3 heterocycles. The lowest BCUT2D eigenvalue weighted by Gasteiger charge is -2.32. The van der Waals surface area contributed by atoms with Crippen molar-refractivity contribution in [3.05, 3.63) is 87.7 Å². The van der Waals surface area contributed by atoms with E-state index in [-0.39, 0.29) is 12.0 Å². The number of thiophene rings is 1. The fourth-order valence-corrected chi connectivity index (χ4v) is 6.45. The van der Waals surface area contributed by atoms with E-state index in [4.69, 9.17) is 9.84 Å². The molecule has 1 saturated heterocycles. The van der Waals surface area contributed by atoms with Gasteiger partial charge in [-0.15, -0.1) is 11.3 Å². The molecule has 2 aromatic carbocycles. The van der Waals surface area contributed by atoms with E-state index in [0.29, 0.717) is 5.69 Å². The number of carbonyl (C=O) groups excluding carboxylic acids is 1. The largest absolute Gasteiger partial charge is 0.483 e. The fraction of sp³-hybridized carbons (Fsp3) is 0.355. The van der Waals surface area contributed by atoms with Crippen LogP contribution in [0.15, 0.2) is 66.0 Å². The number of rotatable bonds is 8. The number of amides is 1. The van der Waals surface area contributed by atoms with Crippen LogP contribution in [0.25, 0.3) is 16.9 Å². The molecule has 39 heavy (non-hydrogen) atoms. The van der Waals surface area contributed by atoms with Gasteiger partial charge >= 0.3 is 0 Å². The highest BCUT2D eigenvalue weighted by atomic mass is 32.1. The number of likely N-dealkylation sites (N-methyl/N-ethyl adjacent to an activating group) is 1. The molecule has 8 heteroatoms. The number of aromatic nitrogens is 2. The lowest BCUT2D eigenvalue weighted by Crippen LogP contribution is -2.47. The summed E-state index contributed by atoms with van der Waals surface area (Å²) in [7, 11) is 4.07. The number of para-hydroxylation sites is 2. The van der Waals surface area contributed by atoms with Gasteiger partial charge in [0.2, 0.25) is 0 Å². The summed E-state index contributed by atoms with van der Waals surface area (Å²) in [5.74, 6) is 0.792. The number of ether oxygens (including phenoxy) is 1. The number of benzene rings is 2. The van der Waals surface area contributed by atoms with Crippen LogP contribution in [0.1, 0.15) is 39.0 Å². The summed E-state index contributed by atoms with van der Waals surface area (Å²) in [6, 6.07) is 20.6. The monoisotopic (exact) mass is 541 g/mol. The van der Waals surface area contributed by atoms with E-state index in [1.807, 2.05) is 47.0 Å². The zero-order valence-electron chi connectivity index (χ0n) is 22.6. The second-order valence-corrected chi connectivity index (χ2v) is 11.3. The molecule has 4 aromatic rings. The van der Waals surface area contributed by atoms with Crippen molar-refractivity contribution in [2.45, 2.75) is 25.4 Å². The summed E-state index contributed by atoms with van der Waals surface area (Å²) in [4.78, 5) is 19.4. The molecule has 0 bridgehead atoms. The predicted molar refractivity (Wildman–Crippen MR) is 156 cm³/mol. The quantitative estimate of drug-likeness (QED) is 0.347. The molecule has 7 nitrogen and oxygen atoms in total. The number of aryl methyl sites for hydroxylation is 1. The summed E-state index contributed by atoms with van der Waals surface area (Å²) in [6.07, 6.45) is 2.46. The van der Waals surface area contributed by atoms with Crippen molar-refractivity contribution in [1.29, 1.82) is 0 Å². The number of hydrogen-bond donors (Lipinski definition) is 1. The van der Waals surface area contributed by atoms with Gasteiger partial charge in [0.25, 0.3) is 5.91 Å². The highest BCUT2D eigenvalue weighted by Crippen LogP contribution is 2.41. The van der Waals surface area contributed by atoms with Crippen LogP contribution in [0.2, 0.25) is 0 Å². The Hall–Kier alpha value is -3.46. The van der Waals surface area contributed by atoms with Crippen molar-refractivity contribution in [1.82, 2.24) is 24.9 Å². The van der Waals surface area contributed by atoms with Gasteiger partial charge in [-0.1, -0.05) is 42.5 Å². The van der Waals surface area contributed by atoms with Gasteiger partial charge in [0.05, 0.1) is 5.69 Å². The molecule has 202 valence electrons. The minimum Gasteiger partial charge on any atom is -0.483 e. The lowest BCUT2D eigenvalue weighted by atomic mass is 9.94. The summed E-state index contributed by atoms with van der Waals surface area (Å²) in [5, 5.41) is 10.5. The molecule has 0 spiro atoms. The van der Waals surface area contributed by atoms with Gasteiger partial charge in [0.15, 0.2) is 5.69 Å². The maximum Gasteiger partial charge on any atom is 0.274 e. The van der Waals surface area contributed by atoms with Crippen LogP contribution in [0.5, 0.6) is 5.75 Å². The van der Waals surface area contributed by atoms with Crippen molar-refractivity contribution < 1.29 is 9.53 Å². The number of fused-ring (bicyclic) bond motifs is 3. The Bertz CT molecular complexity index is 1440. The molecule has 1 N–H and O–H groups in total. The summed E-state index contributed by atoms with van der Waals surface area (Å²) in [5.41, 5.74) is 5.82. The van der Waals surface area contributed by atoms with Crippen LogP contribution in [0, 0.1) is 0 Å². The number of piperazine rings is 1. The standard InChI is InChI=1S/C31H35N5O2S/c1-32-16-14-26(22-8-4-3-5-9-22)38-27-11-7-6-10-25(27)36-30-23-15-21-39-28(23)13-12-24(30)29(33-36)31(37)35-19-17-34(2)18-20-35/h3-11,15,21,26,32H,12-14,16-20H2,1-2H3. The highest BCUT2D eigenvalue weighted by molar-refractivity contribution is 7.10. The molecule has 2 aromatic heterocycles. The van der Waals surface area contributed by atoms with Gasteiger partial charge in [-0.25, -0.2) is 4.68 Å². The van der Waals surface area contributed by atoms with E-state index in [2.05, 4.69) is 53.0 Å². The molecule has 1 aliphatic carbocycles. The Morgan fingerprint density at radius 1 is 1.03 bits per heavy atom. The minimum atomic E-state index is -0.116. The molecular weight excluding hydrogens is 506 g/mol. The third kappa shape index (κ3) is 5.12. The van der Waals surface area contributed by atoms with E-state index in [0.717, 1.165) is 80.2 Å². The SMILES string of the molecule is CNCCC(Oc1ccccc1-n1nc(C(=O)N2CCN(C)CC2)c2c1-c1ccsc1CC2)c1ccccc1. The van der Waals surface area contributed by atoms with Gasteiger partial charge in [-0.3, -0.25) is 4.79 Å². The molecule has 1 aliphatic heterocycles. The maximum absolute atomic E-state index is 13.8. The van der Waals surface area contributed by atoms with Crippen molar-refractivity contribution in [2.75, 3.05) is 46.8 Å². The summed E-state index contributed by atoms with van der Waals surface area (Å²) >= 11 is 1.78. The number of carbonyl (C=O) groups is 1. The molecule has 0 saturated carbocycles. The van der Waals surface area contributed by atoms with E-state index < -0.39 is 0 Å². The highest BCUT2D eigenvalue weighted by Gasteiger charge is 2.33. The fourth-order valence-electron chi connectivity index (χ4n) is 5.57. The Labute approximate surface area is 234 Å². The first-order valence-electron chi connectivity index (χ1n) is 13.8. The van der Waals surface area contributed by atoms with E-state index in [1.54, 1.807) is 11.3 Å². The van der Waals surface area contributed by atoms with Gasteiger partial charge in [-0.2, -0.15) is 5.10 Å². The average Bonchev–Trinajstić information content (AvgIpc) is 3.61. The molecule has 0 radical (unpaired) electrons. The molecule has 6 rings (SSSR count). The first kappa shape index (κ1) is 25.8. The number of nitrogens with zero attached hydrogens (tertiary/aromatic N) is 4. The zero-order chi connectivity index (χ0) is 26.8. The summed E-state index contributed by atoms with van der Waals surface area (Å²) < 4.78 is 8.72. The molecule has 2 aliphatic rings. The van der Waals surface area contributed by atoms with Crippen LogP contribution in [0.4, 0.5) is 0 Å². The van der Waals surface area contributed by atoms with Crippen LogP contribution in [-0.4, -0.2) is 72.3 Å². The normalized spacial score (nSPS) is 16.0. The summed E-state index contributed by atoms with van der Waals surface area (Å²) in [6.45, 7) is 4.05. The minimum absolute atomic E-state index is 0.0337. The van der Waals surface area contributed by atoms with Crippen molar-refractivity contribution in [2.24, 2.45) is 0 Å². The zero-order valence-corrected chi connectivity index (χ0v) is 23.4. The Morgan fingerprint density at radius 3 is 2.59 bits per heavy atom. The number of nitrogens with one attached hydrogen (secondary N) is 1. The molecule has 1 fully saturated rings. The Balaban J connectivity index is 1.43. The van der Waals surface area contributed by atoms with Gasteiger partial charge in [0.1, 0.15) is 17.5 Å². The molecule has 1 unspecified atom stereocenters. The molecule has 1 atom stereocenters. The van der Waals surface area contributed by atoms with E-state index in [9.17, 15) is 4.79 Å². The van der Waals surface area contributed by atoms with Gasteiger partial charge in [0, 0.05) is 48.6 Å². The third-order valence-corrected chi connectivity index (χ3v) is 8.75. The number of hydrogen-bond acceptors (Lipinski definition) is 6. The smallest absolute Gasteiger partial charge is 0.274 e. The van der Waals surface area contributed by atoms with Gasteiger partial charge in [-0.05, 0) is 62.6 Å². The first-order valence-corrected chi connectivity index (χ1v) is 14.6. The van der Waals surface area contributed by atoms with Crippen LogP contribution >= 0.6 is 11.3 Å². The van der Waals surface area contributed by atoms with Gasteiger partial charge < -0.3 is 19.9 Å². The van der Waals surface area contributed by atoms with E-state index >= 15 is 0 Å².